The lowest BCUT2D eigenvalue weighted by Gasteiger charge is -2.40. The standard InChI is InChI=1S/C26H35Cl2N3O3S/c1-19-6-8-21(9-7-19)18-29(4)25(32)26(3,22-10-11-23(27)24(28)16-22)12-13-30-14-15-31(20(2)17-30)35(5,33)34/h6-11,16,20H,12-15,17-18H2,1-5H3. The summed E-state index contributed by atoms with van der Waals surface area (Å²) in [4.78, 5) is 17.9. The monoisotopic (exact) mass is 539 g/mol. The summed E-state index contributed by atoms with van der Waals surface area (Å²) >= 11 is 12.5. The molecule has 35 heavy (non-hydrogen) atoms. The van der Waals surface area contributed by atoms with E-state index in [-0.39, 0.29) is 11.9 Å². The number of carbonyl (C=O) groups excluding carboxylic acids is 1. The first kappa shape index (κ1) is 27.9. The number of piperazine rings is 1. The van der Waals surface area contributed by atoms with E-state index in [2.05, 4.69) is 4.90 Å². The number of aryl methyl sites for hydroxylation is 1. The molecule has 0 bridgehead atoms. The van der Waals surface area contributed by atoms with Crippen LogP contribution in [-0.2, 0) is 26.8 Å². The summed E-state index contributed by atoms with van der Waals surface area (Å²) in [6.07, 6.45) is 1.82. The van der Waals surface area contributed by atoms with Crippen LogP contribution in [0.2, 0.25) is 10.0 Å². The Morgan fingerprint density at radius 1 is 1.11 bits per heavy atom. The second kappa shape index (κ2) is 11.2. The van der Waals surface area contributed by atoms with Gasteiger partial charge in [-0.05, 0) is 57.0 Å². The average molecular weight is 541 g/mol. The highest BCUT2D eigenvalue weighted by atomic mass is 35.5. The molecule has 0 radical (unpaired) electrons. The van der Waals surface area contributed by atoms with Gasteiger partial charge in [0.1, 0.15) is 0 Å². The molecular weight excluding hydrogens is 505 g/mol. The molecule has 6 nitrogen and oxygen atoms in total. The highest BCUT2D eigenvalue weighted by Gasteiger charge is 2.39. The maximum Gasteiger partial charge on any atom is 0.233 e. The summed E-state index contributed by atoms with van der Waals surface area (Å²) in [5.41, 5.74) is 2.22. The Kier molecular flexibility index (Phi) is 8.92. The van der Waals surface area contributed by atoms with Gasteiger partial charge in [0.05, 0.1) is 21.7 Å². The average Bonchev–Trinajstić information content (AvgIpc) is 2.79. The number of carbonyl (C=O) groups is 1. The van der Waals surface area contributed by atoms with Crippen LogP contribution in [0.25, 0.3) is 0 Å². The first-order chi connectivity index (χ1) is 16.3. The van der Waals surface area contributed by atoms with Crippen LogP contribution < -0.4 is 0 Å². The lowest BCUT2D eigenvalue weighted by Crippen LogP contribution is -2.54. The Labute approximate surface area is 219 Å². The molecule has 1 aliphatic heterocycles. The van der Waals surface area contributed by atoms with Crippen LogP contribution in [0, 0.1) is 6.92 Å². The number of rotatable bonds is 8. The highest BCUT2D eigenvalue weighted by Crippen LogP contribution is 2.35. The van der Waals surface area contributed by atoms with Gasteiger partial charge in [-0.1, -0.05) is 59.1 Å². The minimum atomic E-state index is -3.23. The number of sulfonamides is 1. The molecule has 1 aliphatic rings. The fraction of sp³-hybridized carbons (Fsp3) is 0.500. The fourth-order valence-corrected chi connectivity index (χ4v) is 6.20. The van der Waals surface area contributed by atoms with Gasteiger partial charge in [-0.25, -0.2) is 8.42 Å². The number of nitrogens with zero attached hydrogens (tertiary/aromatic N) is 3. The minimum absolute atomic E-state index is 0.000662. The molecule has 2 atom stereocenters. The number of benzene rings is 2. The van der Waals surface area contributed by atoms with E-state index in [9.17, 15) is 13.2 Å². The van der Waals surface area contributed by atoms with Crippen molar-refractivity contribution in [1.82, 2.24) is 14.1 Å². The zero-order valence-corrected chi connectivity index (χ0v) is 23.4. The van der Waals surface area contributed by atoms with E-state index in [4.69, 9.17) is 23.2 Å². The van der Waals surface area contributed by atoms with Gasteiger partial charge in [-0.2, -0.15) is 4.31 Å². The number of halogens is 2. The first-order valence-electron chi connectivity index (χ1n) is 11.8. The molecule has 0 spiro atoms. The van der Waals surface area contributed by atoms with Crippen molar-refractivity contribution in [3.05, 3.63) is 69.2 Å². The van der Waals surface area contributed by atoms with E-state index >= 15 is 0 Å². The van der Waals surface area contributed by atoms with Gasteiger partial charge in [0.15, 0.2) is 0 Å². The third kappa shape index (κ3) is 6.77. The van der Waals surface area contributed by atoms with E-state index in [0.29, 0.717) is 49.2 Å². The molecule has 2 aromatic carbocycles. The number of hydrogen-bond donors (Lipinski definition) is 0. The van der Waals surface area contributed by atoms with Gasteiger partial charge >= 0.3 is 0 Å². The maximum absolute atomic E-state index is 13.9. The quantitative estimate of drug-likeness (QED) is 0.492. The lowest BCUT2D eigenvalue weighted by atomic mass is 9.77. The molecule has 192 valence electrons. The summed E-state index contributed by atoms with van der Waals surface area (Å²) in [5.74, 6) is -0.000662. The summed E-state index contributed by atoms with van der Waals surface area (Å²) in [7, 11) is -1.41. The van der Waals surface area contributed by atoms with Crippen molar-refractivity contribution >= 4 is 39.1 Å². The van der Waals surface area contributed by atoms with Crippen molar-refractivity contribution < 1.29 is 13.2 Å². The predicted octanol–water partition coefficient (Wildman–Crippen LogP) is 4.57. The molecule has 1 heterocycles. The topological polar surface area (TPSA) is 60.9 Å². The lowest BCUT2D eigenvalue weighted by molar-refractivity contribution is -0.136. The third-order valence-electron chi connectivity index (χ3n) is 6.92. The predicted molar refractivity (Wildman–Crippen MR) is 144 cm³/mol. The fourth-order valence-electron chi connectivity index (χ4n) is 4.77. The van der Waals surface area contributed by atoms with E-state index < -0.39 is 15.4 Å². The summed E-state index contributed by atoms with van der Waals surface area (Å²) < 4.78 is 25.6. The molecule has 0 aliphatic carbocycles. The first-order valence-corrected chi connectivity index (χ1v) is 14.4. The number of hydrogen-bond acceptors (Lipinski definition) is 4. The summed E-state index contributed by atoms with van der Waals surface area (Å²) in [6, 6.07) is 13.4. The molecule has 1 fully saturated rings. The van der Waals surface area contributed by atoms with Gasteiger partial charge in [0.25, 0.3) is 0 Å². The number of likely N-dealkylation sites (N-methyl/N-ethyl adjacent to an activating group) is 1. The SMILES string of the molecule is Cc1ccc(CN(C)C(=O)C(C)(CCN2CCN(S(C)(=O)=O)C(C)C2)c2ccc(Cl)c(Cl)c2)cc1. The Balaban J connectivity index is 1.81. The van der Waals surface area contributed by atoms with Crippen molar-refractivity contribution in [2.45, 2.75) is 45.2 Å². The highest BCUT2D eigenvalue weighted by molar-refractivity contribution is 7.88. The van der Waals surface area contributed by atoms with Crippen molar-refractivity contribution in [2.24, 2.45) is 0 Å². The van der Waals surface area contributed by atoms with Crippen LogP contribution in [0.15, 0.2) is 42.5 Å². The second-order valence-corrected chi connectivity index (χ2v) is 12.6. The molecule has 2 unspecified atom stereocenters. The molecule has 9 heteroatoms. The molecule has 0 saturated carbocycles. The van der Waals surface area contributed by atoms with E-state index in [0.717, 1.165) is 11.1 Å². The second-order valence-electron chi connectivity index (χ2n) is 9.88. The van der Waals surface area contributed by atoms with Crippen molar-refractivity contribution in [3.8, 4) is 0 Å². The molecular formula is C26H35Cl2N3O3S. The third-order valence-corrected chi connectivity index (χ3v) is 9.05. The van der Waals surface area contributed by atoms with Crippen LogP contribution in [0.1, 0.15) is 37.0 Å². The van der Waals surface area contributed by atoms with Crippen molar-refractivity contribution in [2.75, 3.05) is 39.5 Å². The van der Waals surface area contributed by atoms with Crippen molar-refractivity contribution in [3.63, 3.8) is 0 Å². The smallest absolute Gasteiger partial charge is 0.233 e. The molecule has 1 amide bonds. The van der Waals surface area contributed by atoms with Crippen molar-refractivity contribution in [1.29, 1.82) is 0 Å². The Morgan fingerprint density at radius 2 is 1.77 bits per heavy atom. The Hall–Kier alpha value is -1.64. The zero-order valence-electron chi connectivity index (χ0n) is 21.1. The molecule has 3 rings (SSSR count). The van der Waals surface area contributed by atoms with Gasteiger partial charge in [0, 0.05) is 39.3 Å². The summed E-state index contributed by atoms with van der Waals surface area (Å²) in [6.45, 7) is 8.77. The van der Waals surface area contributed by atoms with Crippen LogP contribution in [0.5, 0.6) is 0 Å². The number of amides is 1. The van der Waals surface area contributed by atoms with Crippen LogP contribution in [0.4, 0.5) is 0 Å². The largest absolute Gasteiger partial charge is 0.341 e. The van der Waals surface area contributed by atoms with Gasteiger partial charge in [-0.3, -0.25) is 4.79 Å². The van der Waals surface area contributed by atoms with E-state index in [1.807, 2.05) is 58.2 Å². The van der Waals surface area contributed by atoms with Gasteiger partial charge < -0.3 is 9.80 Å². The summed E-state index contributed by atoms with van der Waals surface area (Å²) in [5, 5.41) is 0.865. The molecule has 0 N–H and O–H groups in total. The minimum Gasteiger partial charge on any atom is -0.341 e. The zero-order chi connectivity index (χ0) is 26.0. The Bertz CT molecular complexity index is 1160. The van der Waals surface area contributed by atoms with Crippen LogP contribution >= 0.6 is 23.2 Å². The molecule has 1 saturated heterocycles. The Morgan fingerprint density at radius 3 is 2.34 bits per heavy atom. The van der Waals surface area contributed by atoms with E-state index in [1.165, 1.54) is 11.8 Å². The van der Waals surface area contributed by atoms with Crippen LogP contribution in [0.3, 0.4) is 0 Å². The van der Waals surface area contributed by atoms with Crippen LogP contribution in [-0.4, -0.2) is 74.0 Å². The van der Waals surface area contributed by atoms with E-state index in [1.54, 1.807) is 21.3 Å². The van der Waals surface area contributed by atoms with Gasteiger partial charge in [-0.15, -0.1) is 0 Å². The maximum atomic E-state index is 13.9. The molecule has 2 aromatic rings. The molecule has 0 aromatic heterocycles. The normalized spacial score (nSPS) is 19.3. The van der Waals surface area contributed by atoms with Gasteiger partial charge in [0.2, 0.25) is 15.9 Å².